The van der Waals surface area contributed by atoms with E-state index in [0.717, 1.165) is 0 Å². The van der Waals surface area contributed by atoms with E-state index in [-0.39, 0.29) is 10.6 Å². The van der Waals surface area contributed by atoms with Gasteiger partial charge in [-0.2, -0.15) is 5.26 Å². The molecule has 0 unspecified atom stereocenters. The summed E-state index contributed by atoms with van der Waals surface area (Å²) in [7, 11) is -3.42. The molecule has 2 N–H and O–H groups in total. The van der Waals surface area contributed by atoms with Crippen LogP contribution in [0.4, 0.5) is 5.69 Å². The van der Waals surface area contributed by atoms with Crippen LogP contribution in [0.1, 0.15) is 11.1 Å². The summed E-state index contributed by atoms with van der Waals surface area (Å²) < 4.78 is 24.4. The molecule has 5 heteroatoms. The number of hydrogen-bond acceptors (Lipinski definition) is 4. The summed E-state index contributed by atoms with van der Waals surface area (Å²) in [6.07, 6.45) is 0. The lowest BCUT2D eigenvalue weighted by Crippen LogP contribution is -2.05. The molecule has 0 aromatic heterocycles. The number of nitrogens with two attached hydrogens (primary N) is 1. The van der Waals surface area contributed by atoms with Gasteiger partial charge in [0.2, 0.25) is 0 Å². The van der Waals surface area contributed by atoms with Gasteiger partial charge in [0.15, 0.2) is 9.84 Å². The molecule has 0 saturated heterocycles. The van der Waals surface area contributed by atoms with E-state index in [1.807, 2.05) is 6.07 Å². The van der Waals surface area contributed by atoms with Gasteiger partial charge in [-0.1, -0.05) is 12.1 Å². The molecular weight excluding hydrogens is 260 g/mol. The molecule has 4 nitrogen and oxygen atoms in total. The van der Waals surface area contributed by atoms with Gasteiger partial charge in [-0.15, -0.1) is 0 Å². The number of nitriles is 1. The maximum atomic E-state index is 12.2. The molecule has 2 rings (SSSR count). The Balaban J connectivity index is 2.31. The molecular formula is C14H12N2O2S. The Kier molecular flexibility index (Phi) is 3.54. The van der Waals surface area contributed by atoms with Crippen LogP contribution in [0.3, 0.4) is 0 Å². The van der Waals surface area contributed by atoms with Crippen molar-refractivity contribution in [3.05, 3.63) is 59.7 Å². The van der Waals surface area contributed by atoms with Crippen molar-refractivity contribution in [3.63, 3.8) is 0 Å². The highest BCUT2D eigenvalue weighted by molar-refractivity contribution is 7.90. The normalized spacial score (nSPS) is 10.9. The number of nitrogens with zero attached hydrogens (tertiary/aromatic N) is 1. The van der Waals surface area contributed by atoms with Crippen LogP contribution >= 0.6 is 0 Å². The zero-order chi connectivity index (χ0) is 13.9. The molecule has 0 fully saturated rings. The molecule has 2 aromatic carbocycles. The number of anilines is 1. The molecule has 0 aliphatic heterocycles. The van der Waals surface area contributed by atoms with Crippen molar-refractivity contribution in [3.8, 4) is 6.07 Å². The highest BCUT2D eigenvalue weighted by Gasteiger charge is 2.15. The summed E-state index contributed by atoms with van der Waals surface area (Å²) in [6.45, 7) is 0. The van der Waals surface area contributed by atoms with Gasteiger partial charge in [-0.25, -0.2) is 8.42 Å². The third kappa shape index (κ3) is 3.12. The fraction of sp³-hybridized carbons (Fsp3) is 0.0714. The van der Waals surface area contributed by atoms with Crippen LogP contribution in [0.25, 0.3) is 0 Å². The van der Waals surface area contributed by atoms with E-state index in [1.54, 1.807) is 36.4 Å². The Labute approximate surface area is 112 Å². The Bertz CT molecular complexity index is 729. The highest BCUT2D eigenvalue weighted by atomic mass is 32.2. The number of rotatable bonds is 3. The van der Waals surface area contributed by atoms with Gasteiger partial charge in [0.25, 0.3) is 0 Å². The average molecular weight is 272 g/mol. The molecule has 0 bridgehead atoms. The van der Waals surface area contributed by atoms with Crippen molar-refractivity contribution >= 4 is 15.5 Å². The number of benzene rings is 2. The van der Waals surface area contributed by atoms with Crippen LogP contribution in [0.2, 0.25) is 0 Å². The second kappa shape index (κ2) is 5.12. The summed E-state index contributed by atoms with van der Waals surface area (Å²) in [5, 5.41) is 8.79. The lowest BCUT2D eigenvalue weighted by molar-refractivity contribution is 0.595. The van der Waals surface area contributed by atoms with E-state index in [2.05, 4.69) is 0 Å². The van der Waals surface area contributed by atoms with Gasteiger partial charge >= 0.3 is 0 Å². The van der Waals surface area contributed by atoms with Gasteiger partial charge in [0.1, 0.15) is 0 Å². The molecule has 96 valence electrons. The van der Waals surface area contributed by atoms with Gasteiger partial charge in [0.05, 0.1) is 22.3 Å². The van der Waals surface area contributed by atoms with Crippen LogP contribution in [0, 0.1) is 11.3 Å². The first-order valence-electron chi connectivity index (χ1n) is 5.58. The zero-order valence-corrected chi connectivity index (χ0v) is 10.9. The van der Waals surface area contributed by atoms with Crippen LogP contribution in [-0.4, -0.2) is 8.42 Å². The zero-order valence-electron chi connectivity index (χ0n) is 10.1. The molecule has 19 heavy (non-hydrogen) atoms. The van der Waals surface area contributed by atoms with Crippen LogP contribution in [-0.2, 0) is 15.6 Å². The van der Waals surface area contributed by atoms with Crippen molar-refractivity contribution in [2.24, 2.45) is 0 Å². The molecule has 0 saturated carbocycles. The fourth-order valence-electron chi connectivity index (χ4n) is 1.71. The van der Waals surface area contributed by atoms with Crippen molar-refractivity contribution in [1.29, 1.82) is 5.26 Å². The molecule has 0 amide bonds. The Hall–Kier alpha value is -2.32. The summed E-state index contributed by atoms with van der Waals surface area (Å²) in [4.78, 5) is 0.226. The maximum absolute atomic E-state index is 12.2. The standard InChI is InChI=1S/C14H12N2O2S/c15-9-11-2-1-3-12(8-11)10-19(17,18)14-6-4-13(16)5-7-14/h1-8H,10,16H2. The lowest BCUT2D eigenvalue weighted by atomic mass is 10.2. The molecule has 2 aromatic rings. The molecule has 0 heterocycles. The lowest BCUT2D eigenvalue weighted by Gasteiger charge is -2.05. The summed E-state index contributed by atoms with van der Waals surface area (Å²) >= 11 is 0. The first-order chi connectivity index (χ1) is 9.01. The van der Waals surface area contributed by atoms with Gasteiger partial charge < -0.3 is 5.73 Å². The fourth-order valence-corrected chi connectivity index (χ4v) is 3.04. The first-order valence-corrected chi connectivity index (χ1v) is 7.24. The quantitative estimate of drug-likeness (QED) is 0.867. The number of nitrogen functional groups attached to an aromatic ring is 1. The van der Waals surface area contributed by atoms with Crippen LogP contribution < -0.4 is 5.73 Å². The Morgan fingerprint density at radius 1 is 1.11 bits per heavy atom. The van der Waals surface area contributed by atoms with E-state index in [1.165, 1.54) is 12.1 Å². The number of hydrogen-bond donors (Lipinski definition) is 1. The third-order valence-electron chi connectivity index (χ3n) is 2.65. The monoisotopic (exact) mass is 272 g/mol. The second-order valence-corrected chi connectivity index (χ2v) is 6.13. The van der Waals surface area contributed by atoms with E-state index >= 15 is 0 Å². The van der Waals surface area contributed by atoms with Crippen LogP contribution in [0.5, 0.6) is 0 Å². The molecule has 0 atom stereocenters. The minimum Gasteiger partial charge on any atom is -0.399 e. The molecule has 0 radical (unpaired) electrons. The molecule has 0 aliphatic rings. The maximum Gasteiger partial charge on any atom is 0.182 e. The average Bonchev–Trinajstić information content (AvgIpc) is 2.39. The smallest absolute Gasteiger partial charge is 0.182 e. The van der Waals surface area contributed by atoms with Crippen LogP contribution in [0.15, 0.2) is 53.4 Å². The second-order valence-electron chi connectivity index (χ2n) is 4.14. The minimum absolute atomic E-state index is 0.133. The Morgan fingerprint density at radius 3 is 2.42 bits per heavy atom. The van der Waals surface area contributed by atoms with E-state index in [4.69, 9.17) is 11.0 Å². The topological polar surface area (TPSA) is 84.0 Å². The minimum atomic E-state index is -3.42. The summed E-state index contributed by atoms with van der Waals surface area (Å²) in [5.74, 6) is -0.133. The molecule has 0 aliphatic carbocycles. The predicted molar refractivity (Wildman–Crippen MR) is 72.9 cm³/mol. The highest BCUT2D eigenvalue weighted by Crippen LogP contribution is 2.18. The van der Waals surface area contributed by atoms with Crippen molar-refractivity contribution < 1.29 is 8.42 Å². The Morgan fingerprint density at radius 2 is 1.79 bits per heavy atom. The van der Waals surface area contributed by atoms with Gasteiger partial charge in [-0.3, -0.25) is 0 Å². The van der Waals surface area contributed by atoms with Crippen molar-refractivity contribution in [1.82, 2.24) is 0 Å². The number of sulfone groups is 1. The van der Waals surface area contributed by atoms with Crippen molar-refractivity contribution in [2.75, 3.05) is 5.73 Å². The molecule has 0 spiro atoms. The van der Waals surface area contributed by atoms with Gasteiger partial charge in [-0.05, 0) is 42.0 Å². The van der Waals surface area contributed by atoms with E-state index in [0.29, 0.717) is 16.8 Å². The van der Waals surface area contributed by atoms with Crippen molar-refractivity contribution in [2.45, 2.75) is 10.6 Å². The summed E-state index contributed by atoms with van der Waals surface area (Å²) in [5.41, 5.74) is 7.09. The van der Waals surface area contributed by atoms with Gasteiger partial charge in [0, 0.05) is 5.69 Å². The SMILES string of the molecule is N#Cc1cccc(CS(=O)(=O)c2ccc(N)cc2)c1. The largest absolute Gasteiger partial charge is 0.399 e. The predicted octanol–water partition coefficient (Wildman–Crippen LogP) is 2.11. The van der Waals surface area contributed by atoms with E-state index < -0.39 is 9.84 Å². The van der Waals surface area contributed by atoms with E-state index in [9.17, 15) is 8.42 Å². The third-order valence-corrected chi connectivity index (χ3v) is 4.36. The summed E-state index contributed by atoms with van der Waals surface area (Å²) in [6, 6.07) is 14.6. The first kappa shape index (κ1) is 13.1.